The van der Waals surface area contributed by atoms with Crippen LogP contribution in [0.4, 0.5) is 13.9 Å². The number of hydrogen-bond acceptors (Lipinski definition) is 5. The van der Waals surface area contributed by atoms with Crippen LogP contribution >= 0.6 is 11.3 Å². The monoisotopic (exact) mass is 463 g/mol. The van der Waals surface area contributed by atoms with E-state index in [1.807, 2.05) is 43.3 Å². The fourth-order valence-electron chi connectivity index (χ4n) is 3.81. The standard InChI is InChI=1S/C24H19F2N5OS/c1-13-8-9-17-19(10-13)33-24(28-17)29-20(32)12-31-23-21(14(2)30-31)16(22(25)26)11-18(27-23)15-6-4-3-5-7-15/h3-11,22H,12H2,1-2H3,(H,28,29,32). The normalized spacial score (nSPS) is 11.5. The van der Waals surface area contributed by atoms with Gasteiger partial charge >= 0.3 is 0 Å². The minimum absolute atomic E-state index is 0.149. The zero-order valence-corrected chi connectivity index (χ0v) is 18.7. The third-order valence-corrected chi connectivity index (χ3v) is 6.23. The molecule has 0 aliphatic carbocycles. The lowest BCUT2D eigenvalue weighted by Gasteiger charge is -2.09. The van der Waals surface area contributed by atoms with E-state index in [0.29, 0.717) is 22.1 Å². The summed E-state index contributed by atoms with van der Waals surface area (Å²) >= 11 is 1.38. The molecule has 0 bridgehead atoms. The summed E-state index contributed by atoms with van der Waals surface area (Å²) in [7, 11) is 0. The van der Waals surface area contributed by atoms with Gasteiger partial charge in [-0.15, -0.1) is 0 Å². The van der Waals surface area contributed by atoms with Crippen LogP contribution in [0.2, 0.25) is 0 Å². The van der Waals surface area contributed by atoms with Crippen LogP contribution in [0.5, 0.6) is 0 Å². The van der Waals surface area contributed by atoms with Crippen LogP contribution < -0.4 is 5.32 Å². The molecule has 1 N–H and O–H groups in total. The van der Waals surface area contributed by atoms with Crippen molar-refractivity contribution in [2.24, 2.45) is 0 Å². The molecule has 0 spiro atoms. The molecule has 0 saturated carbocycles. The molecule has 3 heterocycles. The molecular formula is C24H19F2N5OS. The van der Waals surface area contributed by atoms with Gasteiger partial charge in [0.2, 0.25) is 5.91 Å². The highest BCUT2D eigenvalue weighted by Crippen LogP contribution is 2.33. The Kier molecular flexibility index (Phi) is 5.33. The molecule has 0 fully saturated rings. The summed E-state index contributed by atoms with van der Waals surface area (Å²) in [5.41, 5.74) is 3.52. The maximum atomic E-state index is 13.9. The number of fused-ring (bicyclic) bond motifs is 2. The van der Waals surface area contributed by atoms with E-state index >= 15 is 0 Å². The summed E-state index contributed by atoms with van der Waals surface area (Å²) in [5.74, 6) is -0.360. The zero-order chi connectivity index (χ0) is 23.1. The number of benzene rings is 2. The molecule has 166 valence electrons. The molecule has 0 aliphatic rings. The van der Waals surface area contributed by atoms with Crippen LogP contribution in [0.1, 0.15) is 23.2 Å². The molecule has 2 aromatic carbocycles. The number of rotatable bonds is 5. The van der Waals surface area contributed by atoms with Crippen LogP contribution in [-0.2, 0) is 11.3 Å². The van der Waals surface area contributed by atoms with E-state index in [0.717, 1.165) is 15.8 Å². The van der Waals surface area contributed by atoms with Gasteiger partial charge in [0.25, 0.3) is 6.43 Å². The molecule has 0 unspecified atom stereocenters. The molecule has 33 heavy (non-hydrogen) atoms. The number of nitrogens with one attached hydrogen (secondary N) is 1. The number of hydrogen-bond donors (Lipinski definition) is 1. The van der Waals surface area contributed by atoms with Crippen LogP contribution in [0, 0.1) is 13.8 Å². The van der Waals surface area contributed by atoms with Crippen molar-refractivity contribution in [3.63, 3.8) is 0 Å². The highest BCUT2D eigenvalue weighted by atomic mass is 32.1. The van der Waals surface area contributed by atoms with Crippen molar-refractivity contribution in [1.29, 1.82) is 0 Å². The average Bonchev–Trinajstić information content (AvgIpc) is 3.33. The lowest BCUT2D eigenvalue weighted by Crippen LogP contribution is -2.19. The Morgan fingerprint density at radius 3 is 2.64 bits per heavy atom. The quantitative estimate of drug-likeness (QED) is 0.352. The number of nitrogens with zero attached hydrogens (tertiary/aromatic N) is 4. The Labute approximate surface area is 191 Å². The van der Waals surface area contributed by atoms with Gasteiger partial charge in [0, 0.05) is 11.1 Å². The first-order valence-electron chi connectivity index (χ1n) is 10.3. The lowest BCUT2D eigenvalue weighted by atomic mass is 10.1. The maximum Gasteiger partial charge on any atom is 0.264 e. The van der Waals surface area contributed by atoms with Crippen molar-refractivity contribution in [2.45, 2.75) is 26.8 Å². The van der Waals surface area contributed by atoms with Crippen molar-refractivity contribution in [3.8, 4) is 11.3 Å². The smallest absolute Gasteiger partial charge is 0.264 e. The first-order valence-corrected chi connectivity index (χ1v) is 11.1. The third kappa shape index (κ3) is 4.07. The highest BCUT2D eigenvalue weighted by molar-refractivity contribution is 7.22. The molecular weight excluding hydrogens is 444 g/mol. The summed E-state index contributed by atoms with van der Waals surface area (Å²) < 4.78 is 30.2. The summed E-state index contributed by atoms with van der Waals surface area (Å²) in [6, 6.07) is 16.4. The van der Waals surface area contributed by atoms with Gasteiger partial charge in [-0.1, -0.05) is 47.7 Å². The minimum atomic E-state index is -2.70. The number of carbonyl (C=O) groups is 1. The Balaban J connectivity index is 1.50. The maximum absolute atomic E-state index is 13.9. The molecule has 0 atom stereocenters. The van der Waals surface area contributed by atoms with E-state index in [1.54, 1.807) is 19.1 Å². The third-order valence-electron chi connectivity index (χ3n) is 5.30. The van der Waals surface area contributed by atoms with Gasteiger partial charge in [-0.25, -0.2) is 23.4 Å². The fraction of sp³-hybridized carbons (Fsp3) is 0.167. The minimum Gasteiger partial charge on any atom is -0.300 e. The van der Waals surface area contributed by atoms with Crippen LogP contribution in [0.15, 0.2) is 54.6 Å². The van der Waals surface area contributed by atoms with Crippen molar-refractivity contribution < 1.29 is 13.6 Å². The second-order valence-electron chi connectivity index (χ2n) is 7.74. The molecule has 1 amide bonds. The lowest BCUT2D eigenvalue weighted by molar-refractivity contribution is -0.116. The first-order chi connectivity index (χ1) is 15.9. The van der Waals surface area contributed by atoms with Gasteiger partial charge in [0.15, 0.2) is 10.8 Å². The second kappa shape index (κ2) is 8.32. The van der Waals surface area contributed by atoms with Crippen molar-refractivity contribution >= 4 is 43.6 Å². The summed E-state index contributed by atoms with van der Waals surface area (Å²) in [5, 5.41) is 7.88. The number of anilines is 1. The number of alkyl halides is 2. The number of aryl methyl sites for hydroxylation is 2. The molecule has 5 aromatic rings. The molecule has 0 saturated heterocycles. The first kappa shape index (κ1) is 21.1. The molecule has 5 rings (SSSR count). The Bertz CT molecular complexity index is 1490. The Morgan fingerprint density at radius 1 is 1.09 bits per heavy atom. The number of carbonyl (C=O) groups excluding carboxylic acids is 1. The molecule has 0 aliphatic heterocycles. The molecule has 9 heteroatoms. The van der Waals surface area contributed by atoms with Crippen molar-refractivity contribution in [2.75, 3.05) is 5.32 Å². The number of pyridine rings is 1. The van der Waals surface area contributed by atoms with Gasteiger partial charge in [-0.05, 0) is 37.6 Å². The Morgan fingerprint density at radius 2 is 1.88 bits per heavy atom. The van der Waals surface area contributed by atoms with Crippen molar-refractivity contribution in [3.05, 3.63) is 71.4 Å². The number of thiazole rings is 1. The molecule has 3 aromatic heterocycles. The topological polar surface area (TPSA) is 72.7 Å². The number of halogens is 2. The van der Waals surface area contributed by atoms with Gasteiger partial charge in [-0.2, -0.15) is 5.10 Å². The average molecular weight is 464 g/mol. The molecule has 0 radical (unpaired) electrons. The largest absolute Gasteiger partial charge is 0.300 e. The molecule has 6 nitrogen and oxygen atoms in total. The van der Waals surface area contributed by atoms with Gasteiger partial charge in [0.05, 0.1) is 27.0 Å². The van der Waals surface area contributed by atoms with Crippen LogP contribution in [0.3, 0.4) is 0 Å². The van der Waals surface area contributed by atoms with Crippen LogP contribution in [-0.4, -0.2) is 25.7 Å². The van der Waals surface area contributed by atoms with E-state index in [4.69, 9.17) is 0 Å². The predicted octanol–water partition coefficient (Wildman–Crippen LogP) is 5.90. The highest BCUT2D eigenvalue weighted by Gasteiger charge is 2.22. The number of aromatic nitrogens is 4. The van der Waals surface area contributed by atoms with Gasteiger partial charge in [-0.3, -0.25) is 4.79 Å². The van der Waals surface area contributed by atoms with Gasteiger partial charge in [0.1, 0.15) is 6.54 Å². The van der Waals surface area contributed by atoms with E-state index in [-0.39, 0.29) is 29.0 Å². The van der Waals surface area contributed by atoms with Crippen molar-refractivity contribution in [1.82, 2.24) is 19.7 Å². The Hall–Kier alpha value is -3.72. The van der Waals surface area contributed by atoms with E-state index in [2.05, 4.69) is 20.4 Å². The van der Waals surface area contributed by atoms with E-state index in [9.17, 15) is 13.6 Å². The SMILES string of the molecule is Cc1ccc2nc(NC(=O)Cn3nc(C)c4c(C(F)F)cc(-c5ccccc5)nc43)sc2c1. The predicted molar refractivity (Wildman–Crippen MR) is 126 cm³/mol. The van der Waals surface area contributed by atoms with Crippen LogP contribution in [0.25, 0.3) is 32.5 Å². The second-order valence-corrected chi connectivity index (χ2v) is 8.77. The van der Waals surface area contributed by atoms with E-state index < -0.39 is 6.43 Å². The summed E-state index contributed by atoms with van der Waals surface area (Å²) in [6.07, 6.45) is -2.70. The summed E-state index contributed by atoms with van der Waals surface area (Å²) in [6.45, 7) is 3.46. The number of amides is 1. The summed E-state index contributed by atoms with van der Waals surface area (Å²) in [4.78, 5) is 21.8. The fourth-order valence-corrected chi connectivity index (χ4v) is 4.79. The van der Waals surface area contributed by atoms with E-state index in [1.165, 1.54) is 22.1 Å². The zero-order valence-electron chi connectivity index (χ0n) is 17.8. The van der Waals surface area contributed by atoms with Gasteiger partial charge < -0.3 is 5.32 Å².